The molecule has 0 saturated carbocycles. The standard InChI is InChI=1S/C12H25NO3/c1-4-10(14)9-13-8-7-12(2,3)6-5-11(15)16/h10,13-14H,4-9H2,1-3H3,(H,15,16). The summed E-state index contributed by atoms with van der Waals surface area (Å²) in [6, 6.07) is 0. The van der Waals surface area contributed by atoms with E-state index in [0.717, 1.165) is 19.4 Å². The van der Waals surface area contributed by atoms with Crippen LogP contribution in [0.5, 0.6) is 0 Å². The van der Waals surface area contributed by atoms with Gasteiger partial charge < -0.3 is 15.5 Å². The van der Waals surface area contributed by atoms with Crippen LogP contribution in [0.25, 0.3) is 0 Å². The van der Waals surface area contributed by atoms with Gasteiger partial charge in [-0.25, -0.2) is 0 Å². The number of nitrogens with one attached hydrogen (secondary N) is 1. The third kappa shape index (κ3) is 8.68. The van der Waals surface area contributed by atoms with Crippen LogP contribution in [-0.2, 0) is 4.79 Å². The Morgan fingerprint density at radius 2 is 2.00 bits per heavy atom. The molecule has 1 unspecified atom stereocenters. The lowest BCUT2D eigenvalue weighted by Crippen LogP contribution is -2.29. The topological polar surface area (TPSA) is 69.6 Å². The molecule has 0 aliphatic carbocycles. The van der Waals surface area contributed by atoms with E-state index in [0.29, 0.717) is 13.0 Å². The van der Waals surface area contributed by atoms with Crippen molar-refractivity contribution in [3.8, 4) is 0 Å². The Bertz CT molecular complexity index is 204. The predicted octanol–water partition coefficient (Wildman–Crippen LogP) is 1.63. The SMILES string of the molecule is CCC(O)CNCCC(C)(C)CCC(=O)O. The minimum absolute atomic E-state index is 0.0442. The van der Waals surface area contributed by atoms with Gasteiger partial charge in [0.05, 0.1) is 6.10 Å². The van der Waals surface area contributed by atoms with Crippen molar-refractivity contribution in [1.82, 2.24) is 5.32 Å². The van der Waals surface area contributed by atoms with Gasteiger partial charge in [0.1, 0.15) is 0 Å². The number of hydrogen-bond acceptors (Lipinski definition) is 3. The second kappa shape index (κ2) is 7.63. The van der Waals surface area contributed by atoms with Gasteiger partial charge >= 0.3 is 5.97 Å². The smallest absolute Gasteiger partial charge is 0.303 e. The van der Waals surface area contributed by atoms with Crippen LogP contribution in [0, 0.1) is 5.41 Å². The van der Waals surface area contributed by atoms with Crippen molar-refractivity contribution in [3.63, 3.8) is 0 Å². The highest BCUT2D eigenvalue weighted by Crippen LogP contribution is 2.25. The normalized spacial score (nSPS) is 13.8. The van der Waals surface area contributed by atoms with Crippen LogP contribution in [0.3, 0.4) is 0 Å². The molecule has 3 N–H and O–H groups in total. The lowest BCUT2D eigenvalue weighted by molar-refractivity contribution is -0.137. The first-order valence-electron chi connectivity index (χ1n) is 5.98. The highest BCUT2D eigenvalue weighted by molar-refractivity contribution is 5.66. The highest BCUT2D eigenvalue weighted by atomic mass is 16.4. The summed E-state index contributed by atoms with van der Waals surface area (Å²) in [5, 5.41) is 21.1. The summed E-state index contributed by atoms with van der Waals surface area (Å²) in [5.74, 6) is -0.734. The number of rotatable bonds is 9. The monoisotopic (exact) mass is 231 g/mol. The van der Waals surface area contributed by atoms with Crippen LogP contribution in [0.4, 0.5) is 0 Å². The van der Waals surface area contributed by atoms with Crippen molar-refractivity contribution in [2.24, 2.45) is 5.41 Å². The average Bonchev–Trinajstić information content (AvgIpc) is 2.21. The van der Waals surface area contributed by atoms with Crippen molar-refractivity contribution in [2.45, 2.75) is 52.6 Å². The van der Waals surface area contributed by atoms with E-state index < -0.39 is 5.97 Å². The van der Waals surface area contributed by atoms with E-state index >= 15 is 0 Å². The molecule has 4 heteroatoms. The first kappa shape index (κ1) is 15.4. The quantitative estimate of drug-likeness (QED) is 0.527. The number of aliphatic hydroxyl groups is 1. The van der Waals surface area contributed by atoms with Crippen molar-refractivity contribution in [2.75, 3.05) is 13.1 Å². The van der Waals surface area contributed by atoms with Crippen molar-refractivity contribution in [1.29, 1.82) is 0 Å². The van der Waals surface area contributed by atoms with Gasteiger partial charge in [0, 0.05) is 13.0 Å². The Hall–Kier alpha value is -0.610. The molecule has 16 heavy (non-hydrogen) atoms. The Morgan fingerprint density at radius 3 is 2.50 bits per heavy atom. The molecular weight excluding hydrogens is 206 g/mol. The lowest BCUT2D eigenvalue weighted by atomic mass is 9.84. The molecule has 0 amide bonds. The van der Waals surface area contributed by atoms with E-state index in [4.69, 9.17) is 5.11 Å². The summed E-state index contributed by atoms with van der Waals surface area (Å²) in [6.45, 7) is 7.54. The molecule has 4 nitrogen and oxygen atoms in total. The van der Waals surface area contributed by atoms with E-state index in [1.54, 1.807) is 0 Å². The van der Waals surface area contributed by atoms with Gasteiger partial charge in [0.2, 0.25) is 0 Å². The van der Waals surface area contributed by atoms with Gasteiger partial charge in [0.15, 0.2) is 0 Å². The van der Waals surface area contributed by atoms with E-state index in [-0.39, 0.29) is 17.9 Å². The molecule has 0 spiro atoms. The van der Waals surface area contributed by atoms with Gasteiger partial charge in [0.25, 0.3) is 0 Å². The Morgan fingerprint density at radius 1 is 1.38 bits per heavy atom. The van der Waals surface area contributed by atoms with Crippen molar-refractivity contribution >= 4 is 5.97 Å². The van der Waals surface area contributed by atoms with Crippen LogP contribution in [-0.4, -0.2) is 35.4 Å². The summed E-state index contributed by atoms with van der Waals surface area (Å²) in [7, 11) is 0. The molecule has 0 aromatic heterocycles. The molecule has 0 fully saturated rings. The summed E-state index contributed by atoms with van der Waals surface area (Å²) in [6.07, 6.45) is 2.33. The highest BCUT2D eigenvalue weighted by Gasteiger charge is 2.18. The summed E-state index contributed by atoms with van der Waals surface area (Å²) < 4.78 is 0. The van der Waals surface area contributed by atoms with Gasteiger partial charge in [-0.3, -0.25) is 4.79 Å². The molecular formula is C12H25NO3. The summed E-state index contributed by atoms with van der Waals surface area (Å²) >= 11 is 0. The Balaban J connectivity index is 3.61. The van der Waals surface area contributed by atoms with Crippen LogP contribution in [0.15, 0.2) is 0 Å². The van der Waals surface area contributed by atoms with Gasteiger partial charge in [-0.15, -0.1) is 0 Å². The van der Waals surface area contributed by atoms with Crippen LogP contribution in [0.2, 0.25) is 0 Å². The zero-order valence-electron chi connectivity index (χ0n) is 10.6. The van der Waals surface area contributed by atoms with Gasteiger partial charge in [-0.1, -0.05) is 20.8 Å². The van der Waals surface area contributed by atoms with Crippen LogP contribution >= 0.6 is 0 Å². The van der Waals surface area contributed by atoms with Crippen LogP contribution < -0.4 is 5.32 Å². The zero-order chi connectivity index (χ0) is 12.6. The molecule has 96 valence electrons. The number of aliphatic hydroxyl groups excluding tert-OH is 1. The average molecular weight is 231 g/mol. The molecule has 0 aliphatic heterocycles. The zero-order valence-corrected chi connectivity index (χ0v) is 10.6. The maximum atomic E-state index is 10.5. The number of hydrogen-bond donors (Lipinski definition) is 3. The number of carboxylic acid groups (broad SMARTS) is 1. The Kier molecular flexibility index (Phi) is 7.34. The molecule has 0 bridgehead atoms. The molecule has 0 aliphatic rings. The Labute approximate surface area is 98.1 Å². The minimum atomic E-state index is -0.734. The summed E-state index contributed by atoms with van der Waals surface area (Å²) in [4.78, 5) is 10.5. The molecule has 1 atom stereocenters. The van der Waals surface area contributed by atoms with E-state index in [1.807, 2.05) is 6.92 Å². The fraction of sp³-hybridized carbons (Fsp3) is 0.917. The van der Waals surface area contributed by atoms with E-state index in [9.17, 15) is 9.90 Å². The number of carboxylic acids is 1. The van der Waals surface area contributed by atoms with Gasteiger partial charge in [-0.05, 0) is 31.2 Å². The second-order valence-electron chi connectivity index (χ2n) is 5.07. The van der Waals surface area contributed by atoms with Crippen molar-refractivity contribution < 1.29 is 15.0 Å². The predicted molar refractivity (Wildman–Crippen MR) is 64.4 cm³/mol. The molecule has 0 saturated heterocycles. The van der Waals surface area contributed by atoms with Gasteiger partial charge in [-0.2, -0.15) is 0 Å². The lowest BCUT2D eigenvalue weighted by Gasteiger charge is -2.24. The third-order valence-electron chi connectivity index (χ3n) is 2.85. The third-order valence-corrected chi connectivity index (χ3v) is 2.85. The van der Waals surface area contributed by atoms with Crippen molar-refractivity contribution in [3.05, 3.63) is 0 Å². The molecule has 0 radical (unpaired) electrons. The van der Waals surface area contributed by atoms with E-state index in [2.05, 4.69) is 19.2 Å². The second-order valence-corrected chi connectivity index (χ2v) is 5.07. The first-order chi connectivity index (χ1) is 7.37. The maximum Gasteiger partial charge on any atom is 0.303 e. The fourth-order valence-electron chi connectivity index (χ4n) is 1.41. The fourth-order valence-corrected chi connectivity index (χ4v) is 1.41. The summed E-state index contributed by atoms with van der Waals surface area (Å²) in [5.41, 5.74) is 0.0442. The number of carbonyl (C=O) groups is 1. The molecule has 0 rings (SSSR count). The molecule has 0 aromatic rings. The van der Waals surface area contributed by atoms with Crippen LogP contribution in [0.1, 0.15) is 46.5 Å². The largest absolute Gasteiger partial charge is 0.481 e. The number of aliphatic carboxylic acids is 1. The molecule has 0 heterocycles. The molecule has 0 aromatic carbocycles. The van der Waals surface area contributed by atoms with E-state index in [1.165, 1.54) is 0 Å². The maximum absolute atomic E-state index is 10.5. The minimum Gasteiger partial charge on any atom is -0.481 e. The first-order valence-corrected chi connectivity index (χ1v) is 5.98.